The van der Waals surface area contributed by atoms with Crippen molar-refractivity contribution in [2.24, 2.45) is 0 Å². The molecule has 6 nitrogen and oxygen atoms in total. The van der Waals surface area contributed by atoms with Gasteiger partial charge in [0.1, 0.15) is 6.04 Å². The number of hydrogen-bond donors (Lipinski definition) is 2. The van der Waals surface area contributed by atoms with Gasteiger partial charge in [0.25, 0.3) is 0 Å². The molecule has 1 saturated heterocycles. The minimum atomic E-state index is -1.26. The predicted octanol–water partition coefficient (Wildman–Crippen LogP) is -1.70. The second kappa shape index (κ2) is 6.09. The smallest absolute Gasteiger partial charge is 0.242 e. The van der Waals surface area contributed by atoms with Crippen LogP contribution in [0.5, 0.6) is 0 Å². The zero-order valence-corrected chi connectivity index (χ0v) is 8.95. The molecule has 0 unspecified atom stereocenters. The second-order valence-electron chi connectivity index (χ2n) is 3.78. The van der Waals surface area contributed by atoms with E-state index in [4.69, 9.17) is 0 Å². The van der Waals surface area contributed by atoms with Crippen molar-refractivity contribution >= 4 is 17.8 Å². The van der Waals surface area contributed by atoms with E-state index in [-0.39, 0.29) is 18.7 Å². The average Bonchev–Trinajstić information content (AvgIpc) is 2.42. The highest BCUT2D eigenvalue weighted by molar-refractivity contribution is 5.88. The molecular weight excluding hydrogens is 212 g/mol. The fraction of sp³-hybridized carbons (Fsp3) is 0.700. The van der Waals surface area contributed by atoms with Crippen molar-refractivity contribution in [1.82, 2.24) is 10.6 Å². The number of carboxylic acid groups (broad SMARTS) is 1. The van der Waals surface area contributed by atoms with E-state index in [1.165, 1.54) is 0 Å². The summed E-state index contributed by atoms with van der Waals surface area (Å²) in [4.78, 5) is 32.9. The standard InChI is InChI=1S/C10H16N2O4/c13-8(4-5-9(14)15)12-7-3-1-2-6-11-10(7)16/h7H,1-6H2,(H,11,16)(H,12,13)(H,14,15)/p-1/t7-/m0/s1. The van der Waals surface area contributed by atoms with Crippen LogP contribution in [-0.2, 0) is 14.4 Å². The van der Waals surface area contributed by atoms with Crippen LogP contribution in [0.25, 0.3) is 0 Å². The molecule has 2 amide bonds. The number of rotatable bonds is 4. The van der Waals surface area contributed by atoms with E-state index in [0.717, 1.165) is 12.8 Å². The molecular formula is C10H15N2O4-. The summed E-state index contributed by atoms with van der Waals surface area (Å²) in [6.45, 7) is 0.629. The summed E-state index contributed by atoms with van der Waals surface area (Å²) in [7, 11) is 0. The largest absolute Gasteiger partial charge is 0.550 e. The van der Waals surface area contributed by atoms with Crippen LogP contribution in [0.4, 0.5) is 0 Å². The Kier molecular flexibility index (Phi) is 4.75. The highest BCUT2D eigenvalue weighted by Gasteiger charge is 2.21. The number of aliphatic carboxylic acids is 1. The highest BCUT2D eigenvalue weighted by Crippen LogP contribution is 2.05. The van der Waals surface area contributed by atoms with Crippen molar-refractivity contribution in [2.75, 3.05) is 6.54 Å². The van der Waals surface area contributed by atoms with Crippen LogP contribution in [0, 0.1) is 0 Å². The number of amides is 2. The molecule has 0 aromatic heterocycles. The van der Waals surface area contributed by atoms with Crippen molar-refractivity contribution in [3.8, 4) is 0 Å². The molecule has 1 fully saturated rings. The molecule has 2 N–H and O–H groups in total. The predicted molar refractivity (Wildman–Crippen MR) is 53.0 cm³/mol. The van der Waals surface area contributed by atoms with Gasteiger partial charge >= 0.3 is 0 Å². The van der Waals surface area contributed by atoms with Crippen LogP contribution in [-0.4, -0.2) is 30.4 Å². The molecule has 0 aliphatic carbocycles. The van der Waals surface area contributed by atoms with E-state index in [1.54, 1.807) is 0 Å². The lowest BCUT2D eigenvalue weighted by atomic mass is 10.1. The van der Waals surface area contributed by atoms with Gasteiger partial charge in [-0.05, 0) is 25.7 Å². The van der Waals surface area contributed by atoms with Gasteiger partial charge < -0.3 is 20.5 Å². The summed E-state index contributed by atoms with van der Waals surface area (Å²) >= 11 is 0. The maximum Gasteiger partial charge on any atom is 0.242 e. The number of carbonyl (C=O) groups excluding carboxylic acids is 3. The van der Waals surface area contributed by atoms with Crippen molar-refractivity contribution in [3.63, 3.8) is 0 Å². The number of carbonyl (C=O) groups is 3. The van der Waals surface area contributed by atoms with Gasteiger partial charge in [-0.2, -0.15) is 0 Å². The van der Waals surface area contributed by atoms with Gasteiger partial charge in [0.2, 0.25) is 11.8 Å². The maximum absolute atomic E-state index is 11.4. The molecule has 0 saturated carbocycles. The molecule has 0 aromatic carbocycles. The lowest BCUT2D eigenvalue weighted by molar-refractivity contribution is -0.305. The normalized spacial score (nSPS) is 20.8. The number of nitrogens with one attached hydrogen (secondary N) is 2. The van der Waals surface area contributed by atoms with E-state index in [0.29, 0.717) is 13.0 Å². The van der Waals surface area contributed by atoms with Crippen molar-refractivity contribution in [2.45, 2.75) is 38.1 Å². The first-order valence-corrected chi connectivity index (χ1v) is 5.36. The summed E-state index contributed by atoms with van der Waals surface area (Å²) in [6, 6.07) is -0.531. The molecule has 1 heterocycles. The minimum Gasteiger partial charge on any atom is -0.550 e. The van der Waals surface area contributed by atoms with Gasteiger partial charge in [0.15, 0.2) is 0 Å². The van der Waals surface area contributed by atoms with Crippen molar-refractivity contribution in [3.05, 3.63) is 0 Å². The van der Waals surface area contributed by atoms with E-state index in [1.807, 2.05) is 0 Å². The number of carboxylic acids is 1. The van der Waals surface area contributed by atoms with Gasteiger partial charge in [-0.1, -0.05) is 0 Å². The molecule has 16 heavy (non-hydrogen) atoms. The van der Waals surface area contributed by atoms with Crippen LogP contribution in [0.3, 0.4) is 0 Å². The fourth-order valence-corrected chi connectivity index (χ4v) is 1.56. The van der Waals surface area contributed by atoms with E-state index in [2.05, 4.69) is 10.6 Å². The first kappa shape index (κ1) is 12.5. The summed E-state index contributed by atoms with van der Waals surface area (Å²) in [5, 5.41) is 15.3. The Morgan fingerprint density at radius 2 is 2.12 bits per heavy atom. The maximum atomic E-state index is 11.4. The van der Waals surface area contributed by atoms with Crippen molar-refractivity contribution in [1.29, 1.82) is 0 Å². The third kappa shape index (κ3) is 4.29. The van der Waals surface area contributed by atoms with Gasteiger partial charge in [0, 0.05) is 18.9 Å². The Bertz CT molecular complexity index is 291. The quantitative estimate of drug-likeness (QED) is 0.598. The van der Waals surface area contributed by atoms with Crippen molar-refractivity contribution < 1.29 is 19.5 Å². The molecule has 1 rings (SSSR count). The molecule has 0 aromatic rings. The Morgan fingerprint density at radius 3 is 2.81 bits per heavy atom. The van der Waals surface area contributed by atoms with E-state index >= 15 is 0 Å². The molecule has 0 radical (unpaired) electrons. The number of hydrogen-bond acceptors (Lipinski definition) is 4. The van der Waals surface area contributed by atoms with Gasteiger partial charge in [-0.15, -0.1) is 0 Å². The first-order valence-electron chi connectivity index (χ1n) is 5.36. The summed E-state index contributed by atoms with van der Waals surface area (Å²) in [6.07, 6.45) is 1.90. The molecule has 0 bridgehead atoms. The minimum absolute atomic E-state index is 0.147. The Hall–Kier alpha value is -1.59. The van der Waals surface area contributed by atoms with Gasteiger partial charge in [0.05, 0.1) is 0 Å². The molecule has 1 atom stereocenters. The second-order valence-corrected chi connectivity index (χ2v) is 3.78. The summed E-state index contributed by atoms with van der Waals surface area (Å²) in [5.41, 5.74) is 0. The average molecular weight is 227 g/mol. The molecule has 0 spiro atoms. The third-order valence-corrected chi connectivity index (χ3v) is 2.43. The van der Waals surface area contributed by atoms with Gasteiger partial charge in [-0.25, -0.2) is 0 Å². The first-order chi connectivity index (χ1) is 7.59. The molecule has 90 valence electrons. The lowest BCUT2D eigenvalue weighted by Crippen LogP contribution is -2.45. The van der Waals surface area contributed by atoms with Crippen LogP contribution in [0.2, 0.25) is 0 Å². The summed E-state index contributed by atoms with van der Waals surface area (Å²) in [5.74, 6) is -1.88. The molecule has 6 heteroatoms. The Morgan fingerprint density at radius 1 is 1.38 bits per heavy atom. The van der Waals surface area contributed by atoms with Gasteiger partial charge in [-0.3, -0.25) is 9.59 Å². The Balaban J connectivity index is 2.36. The van der Waals surface area contributed by atoms with Crippen LogP contribution in [0.15, 0.2) is 0 Å². The van der Waals surface area contributed by atoms with Crippen LogP contribution < -0.4 is 15.7 Å². The molecule has 1 aliphatic heterocycles. The lowest BCUT2D eigenvalue weighted by Gasteiger charge is -2.15. The monoisotopic (exact) mass is 227 g/mol. The van der Waals surface area contributed by atoms with E-state index < -0.39 is 17.9 Å². The SMILES string of the molecule is O=C([O-])CCC(=O)N[C@H]1CCCCNC1=O. The van der Waals surface area contributed by atoms with Crippen LogP contribution >= 0.6 is 0 Å². The van der Waals surface area contributed by atoms with E-state index in [9.17, 15) is 19.5 Å². The summed E-state index contributed by atoms with van der Waals surface area (Å²) < 4.78 is 0. The topological polar surface area (TPSA) is 98.3 Å². The molecule has 1 aliphatic rings. The fourth-order valence-electron chi connectivity index (χ4n) is 1.56. The third-order valence-electron chi connectivity index (χ3n) is 2.43. The zero-order valence-electron chi connectivity index (χ0n) is 8.95. The van der Waals surface area contributed by atoms with Crippen LogP contribution in [0.1, 0.15) is 32.1 Å². The zero-order chi connectivity index (χ0) is 12.0. The Labute approximate surface area is 93.4 Å². The highest BCUT2D eigenvalue weighted by atomic mass is 16.4.